The fourth-order valence-corrected chi connectivity index (χ4v) is 1.50. The van der Waals surface area contributed by atoms with Crippen LogP contribution in [-0.2, 0) is 9.53 Å². The molecule has 1 aromatic carbocycles. The number of carbonyl (C=O) groups is 2. The quantitative estimate of drug-likeness (QED) is 0.615. The van der Waals surface area contributed by atoms with E-state index in [1.807, 2.05) is 6.07 Å². The number of rotatable bonds is 7. The highest BCUT2D eigenvalue weighted by Crippen LogP contribution is 2.14. The van der Waals surface area contributed by atoms with Gasteiger partial charge in [-0.05, 0) is 5.56 Å². The lowest BCUT2D eigenvalue weighted by Gasteiger charge is -2.13. The van der Waals surface area contributed by atoms with Gasteiger partial charge in [-0.2, -0.15) is 0 Å². The fourth-order valence-electron chi connectivity index (χ4n) is 1.50. The number of benzene rings is 1. The fraction of sp³-hybridized carbons (Fsp3) is 0.333. The first-order valence-corrected chi connectivity index (χ1v) is 5.52. The minimum Gasteiger partial charge on any atom is -0.481 e. The van der Waals surface area contributed by atoms with Gasteiger partial charge in [-0.15, -0.1) is 0 Å². The third-order valence-electron chi connectivity index (χ3n) is 2.37. The van der Waals surface area contributed by atoms with Gasteiger partial charge in [0, 0.05) is 13.1 Å². The van der Waals surface area contributed by atoms with E-state index >= 15 is 0 Å². The maximum Gasteiger partial charge on any atom is 0.404 e. The number of carboxylic acids is 1. The first kappa shape index (κ1) is 14.0. The van der Waals surface area contributed by atoms with Gasteiger partial charge in [0.05, 0.1) is 5.92 Å². The van der Waals surface area contributed by atoms with E-state index in [9.17, 15) is 9.59 Å². The minimum absolute atomic E-state index is 0.121. The summed E-state index contributed by atoms with van der Waals surface area (Å²) in [7, 11) is 0. The van der Waals surface area contributed by atoms with E-state index < -0.39 is 18.0 Å². The number of hydrogen-bond acceptors (Lipinski definition) is 4. The molecule has 0 saturated carbocycles. The normalized spacial score (nSPS) is 11.8. The van der Waals surface area contributed by atoms with E-state index in [0.29, 0.717) is 6.54 Å². The summed E-state index contributed by atoms with van der Waals surface area (Å²) in [4.78, 5) is 21.4. The number of aliphatic carboxylic acids is 1. The van der Waals surface area contributed by atoms with E-state index in [1.165, 1.54) is 0 Å². The zero-order valence-corrected chi connectivity index (χ0v) is 9.83. The molecule has 1 amide bonds. The minimum atomic E-state index is -0.899. The van der Waals surface area contributed by atoms with E-state index in [4.69, 9.17) is 10.8 Å². The van der Waals surface area contributed by atoms with Gasteiger partial charge in [0.15, 0.2) is 0 Å². The summed E-state index contributed by atoms with van der Waals surface area (Å²) in [5, 5.41) is 12.0. The lowest BCUT2D eigenvalue weighted by molar-refractivity contribution is -0.138. The van der Waals surface area contributed by atoms with E-state index in [0.717, 1.165) is 5.56 Å². The van der Waals surface area contributed by atoms with Crippen molar-refractivity contribution in [1.29, 1.82) is 0 Å². The average Bonchev–Trinajstić information content (AvgIpc) is 2.34. The Morgan fingerprint density at radius 3 is 2.56 bits per heavy atom. The van der Waals surface area contributed by atoms with Gasteiger partial charge in [-0.25, -0.2) is 4.79 Å². The van der Waals surface area contributed by atoms with Crippen LogP contribution in [-0.4, -0.2) is 36.9 Å². The highest BCUT2D eigenvalue weighted by atomic mass is 16.5. The van der Waals surface area contributed by atoms with Crippen molar-refractivity contribution in [2.75, 3.05) is 19.7 Å². The van der Waals surface area contributed by atoms with Crippen molar-refractivity contribution < 1.29 is 19.4 Å². The number of amides is 1. The van der Waals surface area contributed by atoms with Crippen molar-refractivity contribution in [3.63, 3.8) is 0 Å². The second-order valence-corrected chi connectivity index (χ2v) is 3.67. The van der Waals surface area contributed by atoms with Gasteiger partial charge in [0.2, 0.25) is 0 Å². The number of nitrogens with one attached hydrogen (secondary N) is 1. The summed E-state index contributed by atoms with van der Waals surface area (Å²) >= 11 is 0. The van der Waals surface area contributed by atoms with Crippen LogP contribution in [0.15, 0.2) is 30.3 Å². The molecule has 4 N–H and O–H groups in total. The Hall–Kier alpha value is -2.08. The zero-order valence-electron chi connectivity index (χ0n) is 9.83. The third kappa shape index (κ3) is 4.84. The van der Waals surface area contributed by atoms with Crippen molar-refractivity contribution >= 4 is 12.1 Å². The summed E-state index contributed by atoms with van der Waals surface area (Å²) < 4.78 is 4.52. The molecule has 18 heavy (non-hydrogen) atoms. The molecule has 98 valence electrons. The lowest BCUT2D eigenvalue weighted by Crippen LogP contribution is -2.30. The molecule has 0 spiro atoms. The molecule has 0 saturated heterocycles. The van der Waals surface area contributed by atoms with Crippen molar-refractivity contribution in [3.8, 4) is 0 Å². The van der Waals surface area contributed by atoms with Crippen molar-refractivity contribution in [1.82, 2.24) is 5.32 Å². The molecular weight excluding hydrogens is 236 g/mol. The summed E-state index contributed by atoms with van der Waals surface area (Å²) in [6, 6.07) is 8.94. The Morgan fingerprint density at radius 2 is 2.00 bits per heavy atom. The Kier molecular flexibility index (Phi) is 5.66. The molecule has 0 bridgehead atoms. The molecule has 1 aromatic rings. The van der Waals surface area contributed by atoms with Crippen LogP contribution in [0.2, 0.25) is 0 Å². The smallest absolute Gasteiger partial charge is 0.404 e. The largest absolute Gasteiger partial charge is 0.481 e. The Morgan fingerprint density at radius 1 is 1.33 bits per heavy atom. The summed E-state index contributed by atoms with van der Waals surface area (Å²) in [5.41, 5.74) is 5.52. The third-order valence-corrected chi connectivity index (χ3v) is 2.37. The van der Waals surface area contributed by atoms with Gasteiger partial charge in [-0.1, -0.05) is 30.3 Å². The molecular formula is C12H16N2O4. The predicted octanol–water partition coefficient (Wildman–Crippen LogP) is 0.540. The van der Waals surface area contributed by atoms with E-state index in [1.54, 1.807) is 24.3 Å². The molecule has 0 heterocycles. The first-order valence-electron chi connectivity index (χ1n) is 5.52. The molecule has 0 aliphatic rings. The topological polar surface area (TPSA) is 102 Å². The Balaban J connectivity index is 2.41. The summed E-state index contributed by atoms with van der Waals surface area (Å²) in [6.45, 7) is 0.748. The second-order valence-electron chi connectivity index (χ2n) is 3.67. The van der Waals surface area contributed by atoms with Crippen LogP contribution in [0.3, 0.4) is 0 Å². The van der Waals surface area contributed by atoms with Crippen molar-refractivity contribution in [2.24, 2.45) is 5.73 Å². The zero-order chi connectivity index (χ0) is 13.4. The number of nitrogens with two attached hydrogens (primary N) is 1. The van der Waals surface area contributed by atoms with E-state index in [2.05, 4.69) is 10.1 Å². The summed E-state index contributed by atoms with van der Waals surface area (Å²) in [6.07, 6.45) is -0.838. The van der Waals surface area contributed by atoms with Crippen LogP contribution in [0.4, 0.5) is 4.79 Å². The predicted molar refractivity (Wildman–Crippen MR) is 65.2 cm³/mol. The number of ether oxygens (including phenoxy) is 1. The molecule has 1 rings (SSSR count). The first-order chi connectivity index (χ1) is 8.61. The molecule has 1 unspecified atom stereocenters. The molecule has 0 radical (unpaired) electrons. The van der Waals surface area contributed by atoms with Gasteiger partial charge in [0.1, 0.15) is 6.61 Å². The SMILES string of the molecule is NC(=O)OCCNCC(C(=O)O)c1ccccc1. The number of primary amides is 1. The molecule has 1 atom stereocenters. The number of carboxylic acid groups (broad SMARTS) is 1. The monoisotopic (exact) mass is 252 g/mol. The highest BCUT2D eigenvalue weighted by molar-refractivity contribution is 5.76. The summed E-state index contributed by atoms with van der Waals surface area (Å²) in [5.74, 6) is -1.52. The highest BCUT2D eigenvalue weighted by Gasteiger charge is 2.18. The van der Waals surface area contributed by atoms with Crippen LogP contribution in [0.5, 0.6) is 0 Å². The van der Waals surface area contributed by atoms with Crippen LogP contribution >= 0.6 is 0 Å². The molecule has 6 heteroatoms. The van der Waals surface area contributed by atoms with Gasteiger partial charge < -0.3 is 20.9 Å². The molecule has 6 nitrogen and oxygen atoms in total. The van der Waals surface area contributed by atoms with Crippen LogP contribution in [0.1, 0.15) is 11.5 Å². The molecule has 0 fully saturated rings. The molecule has 0 aromatic heterocycles. The standard InChI is InChI=1S/C12H16N2O4/c13-12(17)18-7-6-14-8-10(11(15)16)9-4-2-1-3-5-9/h1-5,10,14H,6-8H2,(H2,13,17)(H,15,16). The Bertz CT molecular complexity index is 394. The van der Waals surface area contributed by atoms with E-state index in [-0.39, 0.29) is 13.2 Å². The van der Waals surface area contributed by atoms with Crippen molar-refractivity contribution in [3.05, 3.63) is 35.9 Å². The van der Waals surface area contributed by atoms with Crippen LogP contribution in [0, 0.1) is 0 Å². The van der Waals surface area contributed by atoms with Crippen LogP contribution in [0.25, 0.3) is 0 Å². The lowest BCUT2D eigenvalue weighted by atomic mass is 9.99. The maximum absolute atomic E-state index is 11.1. The van der Waals surface area contributed by atoms with Crippen LogP contribution < -0.4 is 11.1 Å². The second kappa shape index (κ2) is 7.29. The molecule has 0 aliphatic carbocycles. The van der Waals surface area contributed by atoms with Gasteiger partial charge >= 0.3 is 12.1 Å². The molecule has 0 aliphatic heterocycles. The Labute approximate surface area is 105 Å². The van der Waals surface area contributed by atoms with Gasteiger partial charge in [0.25, 0.3) is 0 Å². The average molecular weight is 252 g/mol. The number of hydrogen-bond donors (Lipinski definition) is 3. The van der Waals surface area contributed by atoms with Crippen molar-refractivity contribution in [2.45, 2.75) is 5.92 Å². The number of carbonyl (C=O) groups excluding carboxylic acids is 1. The maximum atomic E-state index is 11.1. The van der Waals surface area contributed by atoms with Gasteiger partial charge in [-0.3, -0.25) is 4.79 Å².